The summed E-state index contributed by atoms with van der Waals surface area (Å²) in [5, 5.41) is 4.27. The van der Waals surface area contributed by atoms with Crippen molar-refractivity contribution in [1.29, 1.82) is 0 Å². The second-order valence-electron chi connectivity index (χ2n) is 8.47. The van der Waals surface area contributed by atoms with Crippen molar-refractivity contribution >= 4 is 18.0 Å². The van der Waals surface area contributed by atoms with E-state index in [1.54, 1.807) is 11.1 Å². The Kier molecular flexibility index (Phi) is 7.89. The lowest BCUT2D eigenvalue weighted by Gasteiger charge is -2.35. The number of carbonyl (C=O) groups excluding carboxylic acids is 1. The van der Waals surface area contributed by atoms with Crippen molar-refractivity contribution in [2.75, 3.05) is 44.8 Å². The van der Waals surface area contributed by atoms with E-state index < -0.39 is 5.60 Å². The van der Waals surface area contributed by atoms with Crippen molar-refractivity contribution in [1.82, 2.24) is 9.80 Å². The van der Waals surface area contributed by atoms with Crippen LogP contribution in [0.1, 0.15) is 26.3 Å². The highest BCUT2D eigenvalue weighted by molar-refractivity contribution is 5.80. The fraction of sp³-hybridized carbons (Fsp3) is 0.417. The number of ether oxygens (including phenoxy) is 2. The SMILES string of the molecule is CC(C)(C)OC(=O)N1CCN(CCOc2cccc(C=NNc3ccccc3)c2)CC1. The van der Waals surface area contributed by atoms with Gasteiger partial charge in [-0.25, -0.2) is 4.79 Å². The zero-order chi connectivity index (χ0) is 22.1. The Labute approximate surface area is 184 Å². The minimum absolute atomic E-state index is 0.233. The van der Waals surface area contributed by atoms with Gasteiger partial charge in [0, 0.05) is 32.7 Å². The van der Waals surface area contributed by atoms with Crippen LogP contribution in [-0.4, -0.2) is 67.0 Å². The first-order valence-corrected chi connectivity index (χ1v) is 10.7. The summed E-state index contributed by atoms with van der Waals surface area (Å²) in [4.78, 5) is 16.2. The maximum absolute atomic E-state index is 12.2. The molecule has 1 aliphatic rings. The molecule has 0 atom stereocenters. The van der Waals surface area contributed by atoms with Crippen LogP contribution in [0.3, 0.4) is 0 Å². The van der Waals surface area contributed by atoms with Crippen molar-refractivity contribution < 1.29 is 14.3 Å². The van der Waals surface area contributed by atoms with Gasteiger partial charge in [-0.2, -0.15) is 5.10 Å². The van der Waals surface area contributed by atoms with Crippen LogP contribution in [0.15, 0.2) is 59.7 Å². The summed E-state index contributed by atoms with van der Waals surface area (Å²) < 4.78 is 11.4. The summed E-state index contributed by atoms with van der Waals surface area (Å²) in [7, 11) is 0. The fourth-order valence-corrected chi connectivity index (χ4v) is 3.15. The first-order valence-electron chi connectivity index (χ1n) is 10.7. The summed E-state index contributed by atoms with van der Waals surface area (Å²) >= 11 is 0. The highest BCUT2D eigenvalue weighted by atomic mass is 16.6. The van der Waals surface area contributed by atoms with E-state index in [2.05, 4.69) is 15.4 Å². The van der Waals surface area contributed by atoms with Gasteiger partial charge in [-0.05, 0) is 50.6 Å². The first kappa shape index (κ1) is 22.6. The van der Waals surface area contributed by atoms with E-state index in [9.17, 15) is 4.79 Å². The summed E-state index contributed by atoms with van der Waals surface area (Å²) in [6, 6.07) is 17.7. The number of nitrogens with zero attached hydrogens (tertiary/aromatic N) is 3. The Balaban J connectivity index is 1.38. The van der Waals surface area contributed by atoms with E-state index in [1.165, 1.54) is 0 Å². The van der Waals surface area contributed by atoms with Gasteiger partial charge in [0.15, 0.2) is 0 Å². The van der Waals surface area contributed by atoms with Crippen LogP contribution in [0.5, 0.6) is 5.75 Å². The molecule has 1 N–H and O–H groups in total. The molecule has 7 heteroatoms. The highest BCUT2D eigenvalue weighted by Gasteiger charge is 2.25. The van der Waals surface area contributed by atoms with Crippen LogP contribution in [0.2, 0.25) is 0 Å². The third-order valence-electron chi connectivity index (χ3n) is 4.74. The van der Waals surface area contributed by atoms with E-state index in [0.29, 0.717) is 19.7 Å². The van der Waals surface area contributed by atoms with Gasteiger partial charge in [0.05, 0.1) is 11.9 Å². The van der Waals surface area contributed by atoms with Gasteiger partial charge in [-0.15, -0.1) is 0 Å². The lowest BCUT2D eigenvalue weighted by Crippen LogP contribution is -2.50. The molecule has 1 aliphatic heterocycles. The van der Waals surface area contributed by atoms with Crippen molar-refractivity contribution in [3.05, 3.63) is 60.2 Å². The summed E-state index contributed by atoms with van der Waals surface area (Å²) in [5.74, 6) is 0.816. The van der Waals surface area contributed by atoms with Crippen molar-refractivity contribution in [2.24, 2.45) is 5.10 Å². The molecule has 1 saturated heterocycles. The molecule has 0 spiro atoms. The number of hydrogen-bond donors (Lipinski definition) is 1. The molecule has 0 aromatic heterocycles. The second-order valence-corrected chi connectivity index (χ2v) is 8.47. The van der Waals surface area contributed by atoms with Gasteiger partial charge in [-0.3, -0.25) is 10.3 Å². The lowest BCUT2D eigenvalue weighted by atomic mass is 10.2. The van der Waals surface area contributed by atoms with Crippen LogP contribution in [0.4, 0.5) is 10.5 Å². The molecule has 1 amide bonds. The topological polar surface area (TPSA) is 66.4 Å². The average molecular weight is 425 g/mol. The minimum Gasteiger partial charge on any atom is -0.492 e. The predicted molar refractivity (Wildman–Crippen MR) is 124 cm³/mol. The van der Waals surface area contributed by atoms with Crippen LogP contribution in [0, 0.1) is 0 Å². The first-order chi connectivity index (χ1) is 14.9. The number of benzene rings is 2. The molecular formula is C24H32N4O3. The van der Waals surface area contributed by atoms with Crippen LogP contribution < -0.4 is 10.2 Å². The number of amides is 1. The van der Waals surface area contributed by atoms with E-state index >= 15 is 0 Å². The van der Waals surface area contributed by atoms with Crippen molar-refractivity contribution in [2.45, 2.75) is 26.4 Å². The van der Waals surface area contributed by atoms with Crippen LogP contribution >= 0.6 is 0 Å². The molecule has 1 fully saturated rings. The van der Waals surface area contributed by atoms with Crippen molar-refractivity contribution in [3.8, 4) is 5.75 Å². The molecule has 31 heavy (non-hydrogen) atoms. The molecule has 0 aliphatic carbocycles. The number of anilines is 1. The standard InChI is InChI=1S/C24H32N4O3/c1-24(2,3)31-23(29)28-14-12-27(13-15-28)16-17-30-22-11-7-8-20(18-22)19-25-26-21-9-5-4-6-10-21/h4-11,18-19,26H,12-17H2,1-3H3. The molecule has 0 bridgehead atoms. The Hall–Kier alpha value is -3.06. The Bertz CT molecular complexity index is 857. The van der Waals surface area contributed by atoms with Gasteiger partial charge in [0.2, 0.25) is 0 Å². The maximum Gasteiger partial charge on any atom is 0.410 e. The number of hydrogen-bond acceptors (Lipinski definition) is 6. The molecule has 3 rings (SSSR count). The van der Waals surface area contributed by atoms with Gasteiger partial charge in [0.1, 0.15) is 18.0 Å². The molecular weight excluding hydrogens is 392 g/mol. The molecule has 0 radical (unpaired) electrons. The van der Waals surface area contributed by atoms with E-state index in [0.717, 1.165) is 36.6 Å². The molecule has 0 unspecified atom stereocenters. The highest BCUT2D eigenvalue weighted by Crippen LogP contribution is 2.14. The number of carbonyl (C=O) groups is 1. The fourth-order valence-electron chi connectivity index (χ4n) is 3.15. The molecule has 2 aromatic rings. The number of piperazine rings is 1. The Morgan fingerprint density at radius 3 is 2.52 bits per heavy atom. The van der Waals surface area contributed by atoms with Crippen LogP contribution in [0.25, 0.3) is 0 Å². The van der Waals surface area contributed by atoms with Gasteiger partial charge in [-0.1, -0.05) is 30.3 Å². The maximum atomic E-state index is 12.2. The summed E-state index contributed by atoms with van der Waals surface area (Å²) in [5.41, 5.74) is 4.46. The molecule has 7 nitrogen and oxygen atoms in total. The van der Waals surface area contributed by atoms with Crippen molar-refractivity contribution in [3.63, 3.8) is 0 Å². The average Bonchev–Trinajstić information content (AvgIpc) is 2.74. The minimum atomic E-state index is -0.459. The molecule has 2 aromatic carbocycles. The van der Waals surface area contributed by atoms with E-state index in [4.69, 9.17) is 9.47 Å². The largest absolute Gasteiger partial charge is 0.492 e. The predicted octanol–water partition coefficient (Wildman–Crippen LogP) is 4.06. The monoisotopic (exact) mass is 424 g/mol. The molecule has 1 heterocycles. The smallest absolute Gasteiger partial charge is 0.410 e. The normalized spacial score (nSPS) is 15.1. The third-order valence-corrected chi connectivity index (χ3v) is 4.74. The Morgan fingerprint density at radius 1 is 1.06 bits per heavy atom. The van der Waals surface area contributed by atoms with E-state index in [1.807, 2.05) is 75.4 Å². The molecule has 166 valence electrons. The van der Waals surface area contributed by atoms with Gasteiger partial charge >= 0.3 is 6.09 Å². The third kappa shape index (κ3) is 7.94. The lowest BCUT2D eigenvalue weighted by molar-refractivity contribution is 0.0137. The quantitative estimate of drug-likeness (QED) is 0.536. The van der Waals surface area contributed by atoms with Gasteiger partial charge < -0.3 is 14.4 Å². The summed E-state index contributed by atoms with van der Waals surface area (Å²) in [6.45, 7) is 10.1. The van der Waals surface area contributed by atoms with Gasteiger partial charge in [0.25, 0.3) is 0 Å². The second kappa shape index (κ2) is 10.8. The number of nitrogens with one attached hydrogen (secondary N) is 1. The zero-order valence-corrected chi connectivity index (χ0v) is 18.6. The summed E-state index contributed by atoms with van der Waals surface area (Å²) in [6.07, 6.45) is 1.54. The Morgan fingerprint density at radius 2 is 1.81 bits per heavy atom. The zero-order valence-electron chi connectivity index (χ0n) is 18.6. The van der Waals surface area contributed by atoms with E-state index in [-0.39, 0.29) is 6.09 Å². The molecule has 0 saturated carbocycles. The number of para-hydroxylation sites is 1. The number of hydrazone groups is 1. The number of rotatable bonds is 7. The van der Waals surface area contributed by atoms with Crippen LogP contribution in [-0.2, 0) is 4.74 Å².